The van der Waals surface area contributed by atoms with E-state index in [0.29, 0.717) is 28.7 Å². The van der Waals surface area contributed by atoms with E-state index in [9.17, 15) is 14.0 Å². The molecule has 0 spiro atoms. The molecular formula is C20H18ClFO5. The molecule has 0 aliphatic carbocycles. The van der Waals surface area contributed by atoms with Gasteiger partial charge in [-0.2, -0.15) is 0 Å². The third-order valence-electron chi connectivity index (χ3n) is 3.46. The number of carbonyl (C=O) groups is 2. The van der Waals surface area contributed by atoms with E-state index in [2.05, 4.69) is 0 Å². The lowest BCUT2D eigenvalue weighted by Gasteiger charge is -2.11. The molecule has 7 heteroatoms. The summed E-state index contributed by atoms with van der Waals surface area (Å²) in [7, 11) is 1.48. The summed E-state index contributed by atoms with van der Waals surface area (Å²) < 4.78 is 28.4. The molecule has 2 aromatic carbocycles. The second-order valence-corrected chi connectivity index (χ2v) is 5.75. The zero-order valence-corrected chi connectivity index (χ0v) is 15.6. The first-order valence-electron chi connectivity index (χ1n) is 8.08. The summed E-state index contributed by atoms with van der Waals surface area (Å²) >= 11 is 6.14. The fourth-order valence-electron chi connectivity index (χ4n) is 2.21. The molecule has 0 saturated heterocycles. The van der Waals surface area contributed by atoms with Gasteiger partial charge in [0.25, 0.3) is 0 Å². The molecule has 0 aliphatic heterocycles. The fraction of sp³-hybridized carbons (Fsp3) is 0.200. The Morgan fingerprint density at radius 3 is 2.52 bits per heavy atom. The van der Waals surface area contributed by atoms with Gasteiger partial charge in [0, 0.05) is 11.6 Å². The van der Waals surface area contributed by atoms with Crippen molar-refractivity contribution in [3.8, 4) is 11.5 Å². The van der Waals surface area contributed by atoms with E-state index < -0.39 is 24.2 Å². The Labute approximate surface area is 161 Å². The summed E-state index contributed by atoms with van der Waals surface area (Å²) in [5.41, 5.74) is 0.863. The Bertz CT molecular complexity index is 846. The van der Waals surface area contributed by atoms with Crippen LogP contribution >= 0.6 is 11.6 Å². The van der Waals surface area contributed by atoms with Crippen LogP contribution in [0.3, 0.4) is 0 Å². The van der Waals surface area contributed by atoms with Crippen LogP contribution in [0.4, 0.5) is 4.39 Å². The molecule has 0 aliphatic rings. The lowest BCUT2D eigenvalue weighted by atomic mass is 10.1. The molecule has 27 heavy (non-hydrogen) atoms. The molecule has 2 aromatic rings. The molecule has 0 atom stereocenters. The SMILES string of the molecule is CCOc1cc(/C=C/C(=O)OCC(=O)c2ccc(F)cc2)cc(Cl)c1OC. The van der Waals surface area contributed by atoms with Crippen molar-refractivity contribution in [2.24, 2.45) is 0 Å². The zero-order valence-electron chi connectivity index (χ0n) is 14.8. The van der Waals surface area contributed by atoms with E-state index >= 15 is 0 Å². The highest BCUT2D eigenvalue weighted by atomic mass is 35.5. The molecule has 2 rings (SSSR count). The summed E-state index contributed by atoms with van der Waals surface area (Å²) in [4.78, 5) is 23.7. The lowest BCUT2D eigenvalue weighted by molar-refractivity contribution is -0.136. The number of carbonyl (C=O) groups excluding carboxylic acids is 2. The van der Waals surface area contributed by atoms with Gasteiger partial charge in [-0.15, -0.1) is 0 Å². The van der Waals surface area contributed by atoms with Gasteiger partial charge >= 0.3 is 5.97 Å². The van der Waals surface area contributed by atoms with Crippen LogP contribution in [0.15, 0.2) is 42.5 Å². The molecule has 0 fully saturated rings. The van der Waals surface area contributed by atoms with Crippen LogP contribution in [0.2, 0.25) is 5.02 Å². The number of methoxy groups -OCH3 is 1. The highest BCUT2D eigenvalue weighted by Gasteiger charge is 2.11. The highest BCUT2D eigenvalue weighted by molar-refractivity contribution is 6.32. The summed E-state index contributed by atoms with van der Waals surface area (Å²) in [6.45, 7) is 1.81. The van der Waals surface area contributed by atoms with Crippen molar-refractivity contribution < 1.29 is 28.2 Å². The topological polar surface area (TPSA) is 61.8 Å². The molecule has 0 amide bonds. The van der Waals surface area contributed by atoms with Gasteiger partial charge in [0.15, 0.2) is 23.9 Å². The summed E-state index contributed by atoms with van der Waals surface area (Å²) in [6.07, 6.45) is 2.66. The number of ketones is 1. The minimum absolute atomic E-state index is 0.261. The molecule has 0 radical (unpaired) electrons. The van der Waals surface area contributed by atoms with Crippen molar-refractivity contribution in [2.45, 2.75) is 6.92 Å². The van der Waals surface area contributed by atoms with Gasteiger partial charge in [0.2, 0.25) is 0 Å². The molecule has 5 nitrogen and oxygen atoms in total. The Hall–Kier alpha value is -2.86. The average molecular weight is 393 g/mol. The van der Waals surface area contributed by atoms with Gasteiger partial charge in [-0.05, 0) is 55.0 Å². The minimum Gasteiger partial charge on any atom is -0.491 e. The second-order valence-electron chi connectivity index (χ2n) is 5.34. The van der Waals surface area contributed by atoms with Crippen molar-refractivity contribution in [1.29, 1.82) is 0 Å². The first-order chi connectivity index (χ1) is 12.9. The van der Waals surface area contributed by atoms with Crippen LogP contribution in [-0.2, 0) is 9.53 Å². The van der Waals surface area contributed by atoms with E-state index in [4.69, 9.17) is 25.8 Å². The molecule has 0 aromatic heterocycles. The maximum absolute atomic E-state index is 12.8. The quantitative estimate of drug-likeness (QED) is 0.380. The van der Waals surface area contributed by atoms with Crippen LogP contribution < -0.4 is 9.47 Å². The Balaban J connectivity index is 1.99. The highest BCUT2D eigenvalue weighted by Crippen LogP contribution is 2.36. The van der Waals surface area contributed by atoms with E-state index in [1.54, 1.807) is 12.1 Å². The number of benzene rings is 2. The largest absolute Gasteiger partial charge is 0.491 e. The van der Waals surface area contributed by atoms with Gasteiger partial charge in [-0.25, -0.2) is 9.18 Å². The summed E-state index contributed by atoms with van der Waals surface area (Å²) in [6, 6.07) is 8.26. The third kappa shape index (κ3) is 5.82. The van der Waals surface area contributed by atoms with Crippen molar-refractivity contribution >= 4 is 29.4 Å². The number of ether oxygens (including phenoxy) is 3. The van der Waals surface area contributed by atoms with E-state index in [0.717, 1.165) is 0 Å². The number of Topliss-reactive ketones (excluding diaryl/α,β-unsaturated/α-hetero) is 1. The number of esters is 1. The van der Waals surface area contributed by atoms with Gasteiger partial charge in [-0.1, -0.05) is 11.6 Å². The van der Waals surface area contributed by atoms with Crippen molar-refractivity contribution in [3.63, 3.8) is 0 Å². The summed E-state index contributed by atoms with van der Waals surface area (Å²) in [5.74, 6) is -0.718. The normalized spacial score (nSPS) is 10.7. The van der Waals surface area contributed by atoms with Crippen LogP contribution in [0.25, 0.3) is 6.08 Å². The van der Waals surface area contributed by atoms with Crippen LogP contribution in [0.5, 0.6) is 11.5 Å². The lowest BCUT2D eigenvalue weighted by Crippen LogP contribution is -2.12. The Morgan fingerprint density at radius 1 is 1.19 bits per heavy atom. The van der Waals surface area contributed by atoms with E-state index in [-0.39, 0.29) is 5.56 Å². The van der Waals surface area contributed by atoms with Crippen LogP contribution in [0.1, 0.15) is 22.8 Å². The van der Waals surface area contributed by atoms with Gasteiger partial charge in [0.05, 0.1) is 18.7 Å². The Morgan fingerprint density at radius 2 is 1.89 bits per heavy atom. The number of hydrogen-bond acceptors (Lipinski definition) is 5. The molecule has 0 N–H and O–H groups in total. The predicted molar refractivity (Wildman–Crippen MR) is 99.9 cm³/mol. The molecule has 142 valence electrons. The molecule has 0 unspecified atom stereocenters. The number of hydrogen-bond donors (Lipinski definition) is 0. The first-order valence-corrected chi connectivity index (χ1v) is 8.46. The second kappa shape index (κ2) is 9.73. The predicted octanol–water partition coefficient (Wildman–Crippen LogP) is 4.33. The Kier molecular flexibility index (Phi) is 7.37. The molecular weight excluding hydrogens is 375 g/mol. The zero-order chi connectivity index (χ0) is 19.8. The van der Waals surface area contributed by atoms with Crippen molar-refractivity contribution in [2.75, 3.05) is 20.3 Å². The molecule has 0 heterocycles. The smallest absolute Gasteiger partial charge is 0.331 e. The van der Waals surface area contributed by atoms with Crippen LogP contribution in [-0.4, -0.2) is 32.1 Å². The average Bonchev–Trinajstić information content (AvgIpc) is 2.65. The number of halogens is 2. The molecule has 0 saturated carbocycles. The monoisotopic (exact) mass is 392 g/mol. The van der Waals surface area contributed by atoms with E-state index in [1.165, 1.54) is 43.5 Å². The van der Waals surface area contributed by atoms with Gasteiger partial charge < -0.3 is 14.2 Å². The van der Waals surface area contributed by atoms with Crippen molar-refractivity contribution in [3.05, 3.63) is 64.4 Å². The van der Waals surface area contributed by atoms with Gasteiger partial charge in [0.1, 0.15) is 5.82 Å². The standard InChI is InChI=1S/C20H18ClFO5/c1-3-26-18-11-13(10-16(21)20(18)25-2)4-9-19(24)27-12-17(23)14-5-7-15(22)8-6-14/h4-11H,3,12H2,1-2H3/b9-4+. The summed E-state index contributed by atoms with van der Waals surface area (Å²) in [5, 5.41) is 0.336. The van der Waals surface area contributed by atoms with E-state index in [1.807, 2.05) is 6.92 Å². The van der Waals surface area contributed by atoms with Crippen molar-refractivity contribution in [1.82, 2.24) is 0 Å². The first kappa shape index (κ1) is 20.5. The molecule has 0 bridgehead atoms. The van der Waals surface area contributed by atoms with Gasteiger partial charge in [-0.3, -0.25) is 4.79 Å². The fourth-order valence-corrected chi connectivity index (χ4v) is 2.51. The number of rotatable bonds is 8. The van der Waals surface area contributed by atoms with Crippen LogP contribution in [0, 0.1) is 5.82 Å². The minimum atomic E-state index is -0.699. The third-order valence-corrected chi connectivity index (χ3v) is 3.74. The maximum Gasteiger partial charge on any atom is 0.331 e. The maximum atomic E-state index is 12.8.